The summed E-state index contributed by atoms with van der Waals surface area (Å²) in [6.07, 6.45) is 73.0. The van der Waals surface area contributed by atoms with Gasteiger partial charge in [0.1, 0.15) is 13.2 Å². The molecule has 0 bridgehead atoms. The van der Waals surface area contributed by atoms with Gasteiger partial charge in [0.05, 0.1) is 39.9 Å². The van der Waals surface area contributed by atoms with Crippen molar-refractivity contribution in [2.24, 2.45) is 0 Å². The van der Waals surface area contributed by atoms with Crippen molar-refractivity contribution in [2.75, 3.05) is 40.9 Å². The maximum Gasteiger partial charge on any atom is 0.268 e. The summed E-state index contributed by atoms with van der Waals surface area (Å²) in [4.78, 5) is 25.5. The predicted molar refractivity (Wildman–Crippen MR) is 297 cm³/mol. The van der Waals surface area contributed by atoms with E-state index in [1.54, 1.807) is 6.08 Å². The standard InChI is InChI=1S/C60H105N2O6P/c1-6-8-10-12-14-16-18-20-22-24-25-26-27-28-29-30-31-32-33-34-35-36-37-38-40-42-44-46-48-50-52-54-60(64)61-58(57-68-69(65,66)67-56-55-62(3,4)5)59(63)53-51-49-47-45-43-41-39-23-21-19-17-15-13-11-9-7-2/h8,10,14,16,20,22,25-26,28-29,31-32,34-35,43,45,51,53,58-59,63H,6-7,9,11-13,15,17-19,21,23-24,27,30,33,36-42,44,46-50,52,54-57H2,1-5H3,(H-,61,64,65,66)/b10-8-,16-14-,22-20-,26-25-,29-28-,32-31-,35-34-,45-43+,53-51+. The van der Waals surface area contributed by atoms with Gasteiger partial charge in [0.25, 0.3) is 7.82 Å². The lowest BCUT2D eigenvalue weighted by Crippen LogP contribution is -2.45. The van der Waals surface area contributed by atoms with Crippen LogP contribution in [0.1, 0.15) is 213 Å². The van der Waals surface area contributed by atoms with Crippen LogP contribution in [0.3, 0.4) is 0 Å². The molecule has 0 spiro atoms. The number of aliphatic hydroxyl groups excluding tert-OH is 1. The molecule has 0 saturated heterocycles. The van der Waals surface area contributed by atoms with E-state index >= 15 is 0 Å². The Morgan fingerprint density at radius 1 is 0.522 bits per heavy atom. The first-order valence-electron chi connectivity index (χ1n) is 27.7. The molecule has 0 aromatic rings. The third kappa shape index (κ3) is 52.8. The van der Waals surface area contributed by atoms with Gasteiger partial charge in [-0.25, -0.2) is 0 Å². The Balaban J connectivity index is 4.26. The van der Waals surface area contributed by atoms with E-state index in [1.807, 2.05) is 27.2 Å². The van der Waals surface area contributed by atoms with Crippen LogP contribution in [0, 0.1) is 0 Å². The van der Waals surface area contributed by atoms with Gasteiger partial charge in [0.15, 0.2) is 0 Å². The number of allylic oxidation sites excluding steroid dienone is 17. The van der Waals surface area contributed by atoms with E-state index in [0.717, 1.165) is 96.3 Å². The van der Waals surface area contributed by atoms with Gasteiger partial charge in [-0.3, -0.25) is 9.36 Å². The van der Waals surface area contributed by atoms with Gasteiger partial charge in [-0.1, -0.05) is 226 Å². The van der Waals surface area contributed by atoms with Gasteiger partial charge >= 0.3 is 0 Å². The van der Waals surface area contributed by atoms with Crippen LogP contribution in [0.25, 0.3) is 0 Å². The molecule has 8 nitrogen and oxygen atoms in total. The molecule has 69 heavy (non-hydrogen) atoms. The number of quaternary nitrogens is 1. The van der Waals surface area contributed by atoms with Gasteiger partial charge in [0.2, 0.25) is 5.91 Å². The van der Waals surface area contributed by atoms with Crippen molar-refractivity contribution < 1.29 is 32.9 Å². The molecule has 0 heterocycles. The first-order chi connectivity index (χ1) is 33.5. The molecule has 1 amide bonds. The number of hydrogen-bond acceptors (Lipinski definition) is 6. The number of carbonyl (C=O) groups excluding carboxylic acids is 1. The molecule has 0 fully saturated rings. The Hall–Kier alpha value is -2.84. The van der Waals surface area contributed by atoms with Crippen LogP contribution in [0.5, 0.6) is 0 Å². The third-order valence-corrected chi connectivity index (χ3v) is 12.7. The summed E-state index contributed by atoms with van der Waals surface area (Å²) in [6.45, 7) is 4.49. The van der Waals surface area contributed by atoms with Crippen molar-refractivity contribution in [3.63, 3.8) is 0 Å². The number of phosphoric acid groups is 1. The lowest BCUT2D eigenvalue weighted by molar-refractivity contribution is -0.870. The van der Waals surface area contributed by atoms with E-state index in [0.29, 0.717) is 17.4 Å². The molecular weight excluding hydrogens is 876 g/mol. The second-order valence-electron chi connectivity index (χ2n) is 19.5. The summed E-state index contributed by atoms with van der Waals surface area (Å²) >= 11 is 0. The lowest BCUT2D eigenvalue weighted by atomic mass is 10.1. The summed E-state index contributed by atoms with van der Waals surface area (Å²) in [6, 6.07) is -0.914. The second-order valence-corrected chi connectivity index (χ2v) is 21.0. The molecule has 3 unspecified atom stereocenters. The number of likely N-dealkylation sites (N-methyl/N-ethyl adjacent to an activating group) is 1. The third-order valence-electron chi connectivity index (χ3n) is 11.7. The highest BCUT2D eigenvalue weighted by atomic mass is 31.2. The summed E-state index contributed by atoms with van der Waals surface area (Å²) < 4.78 is 23.3. The van der Waals surface area contributed by atoms with Gasteiger partial charge in [-0.05, 0) is 89.9 Å². The Labute approximate surface area is 425 Å². The fourth-order valence-electron chi connectivity index (χ4n) is 7.38. The maximum absolute atomic E-state index is 12.9. The van der Waals surface area contributed by atoms with Crippen LogP contribution in [0.15, 0.2) is 109 Å². The molecule has 0 rings (SSSR count). The van der Waals surface area contributed by atoms with E-state index in [2.05, 4.69) is 116 Å². The Bertz CT molecular complexity index is 1490. The summed E-state index contributed by atoms with van der Waals surface area (Å²) in [5, 5.41) is 13.8. The fourth-order valence-corrected chi connectivity index (χ4v) is 8.11. The Kier molecular flexibility index (Phi) is 48.1. The summed E-state index contributed by atoms with van der Waals surface area (Å²) in [7, 11) is 1.22. The van der Waals surface area contributed by atoms with Gasteiger partial charge in [-0.2, -0.15) is 0 Å². The van der Waals surface area contributed by atoms with Crippen LogP contribution in [-0.2, 0) is 18.4 Å². The summed E-state index contributed by atoms with van der Waals surface area (Å²) in [5.74, 6) is -0.218. The normalized spacial score (nSPS) is 14.8. The zero-order valence-electron chi connectivity index (χ0n) is 45.0. The number of phosphoric ester groups is 1. The van der Waals surface area contributed by atoms with Crippen molar-refractivity contribution in [1.29, 1.82) is 0 Å². The van der Waals surface area contributed by atoms with E-state index in [1.165, 1.54) is 96.3 Å². The highest BCUT2D eigenvalue weighted by molar-refractivity contribution is 7.45. The smallest absolute Gasteiger partial charge is 0.268 e. The first kappa shape index (κ1) is 66.2. The molecule has 0 aromatic heterocycles. The number of rotatable bonds is 49. The number of amides is 1. The highest BCUT2D eigenvalue weighted by Crippen LogP contribution is 2.38. The average molecular weight is 981 g/mol. The van der Waals surface area contributed by atoms with Crippen molar-refractivity contribution in [1.82, 2.24) is 5.32 Å². The monoisotopic (exact) mass is 981 g/mol. The number of nitrogens with one attached hydrogen (secondary N) is 1. The molecule has 0 aliphatic heterocycles. The minimum absolute atomic E-state index is 0.0130. The predicted octanol–water partition coefficient (Wildman–Crippen LogP) is 16.2. The minimum Gasteiger partial charge on any atom is -0.756 e. The molecule has 0 radical (unpaired) electrons. The molecule has 0 aromatic carbocycles. The van der Waals surface area contributed by atoms with Gasteiger partial charge in [-0.15, -0.1) is 0 Å². The number of nitrogens with zero attached hydrogens (tertiary/aromatic N) is 1. The lowest BCUT2D eigenvalue weighted by Gasteiger charge is -2.29. The molecule has 0 saturated carbocycles. The van der Waals surface area contributed by atoms with E-state index < -0.39 is 26.6 Å². The van der Waals surface area contributed by atoms with E-state index in [4.69, 9.17) is 9.05 Å². The fraction of sp³-hybridized carbons (Fsp3) is 0.683. The first-order valence-corrected chi connectivity index (χ1v) is 29.2. The van der Waals surface area contributed by atoms with Crippen molar-refractivity contribution in [2.45, 2.75) is 225 Å². The van der Waals surface area contributed by atoms with E-state index in [-0.39, 0.29) is 12.5 Å². The minimum atomic E-state index is -4.61. The second kappa shape index (κ2) is 50.1. The highest BCUT2D eigenvalue weighted by Gasteiger charge is 2.23. The Morgan fingerprint density at radius 2 is 0.899 bits per heavy atom. The molecule has 2 N–H and O–H groups in total. The average Bonchev–Trinajstić information content (AvgIpc) is 3.31. The topological polar surface area (TPSA) is 108 Å². The zero-order chi connectivity index (χ0) is 50.6. The van der Waals surface area contributed by atoms with Gasteiger partial charge in [0, 0.05) is 6.42 Å². The molecular formula is C60H105N2O6P. The maximum atomic E-state index is 12.9. The van der Waals surface area contributed by atoms with Gasteiger partial charge < -0.3 is 28.8 Å². The molecule has 0 aliphatic rings. The van der Waals surface area contributed by atoms with Crippen LogP contribution >= 0.6 is 7.82 Å². The van der Waals surface area contributed by atoms with Crippen LogP contribution < -0.4 is 10.2 Å². The van der Waals surface area contributed by atoms with E-state index in [9.17, 15) is 19.4 Å². The van der Waals surface area contributed by atoms with Crippen LogP contribution in [-0.4, -0.2) is 68.5 Å². The molecule has 9 heteroatoms. The van der Waals surface area contributed by atoms with Crippen molar-refractivity contribution in [3.8, 4) is 0 Å². The summed E-state index contributed by atoms with van der Waals surface area (Å²) in [5.41, 5.74) is 0. The quantitative estimate of drug-likeness (QED) is 0.0272. The molecule has 3 atom stereocenters. The number of aliphatic hydroxyl groups is 1. The molecule has 0 aliphatic carbocycles. The largest absolute Gasteiger partial charge is 0.756 e. The number of unbranched alkanes of at least 4 members (excludes halogenated alkanes) is 20. The van der Waals surface area contributed by atoms with Crippen LogP contribution in [0.4, 0.5) is 0 Å². The van der Waals surface area contributed by atoms with Crippen molar-refractivity contribution in [3.05, 3.63) is 109 Å². The van der Waals surface area contributed by atoms with Crippen LogP contribution in [0.2, 0.25) is 0 Å². The number of carbonyl (C=O) groups is 1. The SMILES string of the molecule is CC/C=C\C/C=C\C/C=C\C/C=C\C/C=C\C/C=C\C/C=C\CCCCCCCCCCCC(=O)NC(COP(=O)([O-])OCC[N+](C)(C)C)C(O)/C=C/CC/C=C/CCCCCCCCCCCC. The molecule has 396 valence electrons. The zero-order valence-corrected chi connectivity index (χ0v) is 45.9. The number of hydrogen-bond donors (Lipinski definition) is 2. The van der Waals surface area contributed by atoms with Crippen molar-refractivity contribution >= 4 is 13.7 Å². The Morgan fingerprint density at radius 3 is 1.35 bits per heavy atom.